The molecule has 158 valence electrons. The zero-order chi connectivity index (χ0) is 21.1. The minimum absolute atomic E-state index is 0.00888. The number of carbonyl (C=O) groups excluding carboxylic acids is 1. The van der Waals surface area contributed by atoms with Crippen molar-refractivity contribution in [3.63, 3.8) is 0 Å². The lowest BCUT2D eigenvalue weighted by atomic mass is 9.80. The topological polar surface area (TPSA) is 56.2 Å². The second-order valence-electron chi connectivity index (χ2n) is 8.53. The Morgan fingerprint density at radius 3 is 2.73 bits per heavy atom. The summed E-state index contributed by atoms with van der Waals surface area (Å²) in [7, 11) is 1.73. The van der Waals surface area contributed by atoms with Crippen LogP contribution in [0.5, 0.6) is 5.75 Å². The molecule has 1 aromatic rings. The van der Waals surface area contributed by atoms with Gasteiger partial charge < -0.3 is 14.6 Å². The van der Waals surface area contributed by atoms with E-state index in [0.717, 1.165) is 46.7 Å². The third-order valence-corrected chi connectivity index (χ3v) is 6.04. The van der Waals surface area contributed by atoms with E-state index in [-0.39, 0.29) is 11.9 Å². The third kappa shape index (κ3) is 4.07. The van der Waals surface area contributed by atoms with Gasteiger partial charge in [-0.1, -0.05) is 25.3 Å². The summed E-state index contributed by atoms with van der Waals surface area (Å²) in [5.41, 5.74) is 5.02. The van der Waals surface area contributed by atoms with Crippen LogP contribution in [-0.4, -0.2) is 28.6 Å². The van der Waals surface area contributed by atoms with E-state index in [1.54, 1.807) is 7.11 Å². The highest BCUT2D eigenvalue weighted by atomic mass is 16.5. The van der Waals surface area contributed by atoms with E-state index >= 15 is 0 Å². The lowest BCUT2D eigenvalue weighted by Crippen LogP contribution is -2.31. The number of hydrogen-bond donors (Lipinski definition) is 1. The molecule has 0 aromatic heterocycles. The van der Waals surface area contributed by atoms with Crippen molar-refractivity contribution in [1.29, 1.82) is 0 Å². The van der Waals surface area contributed by atoms with Crippen LogP contribution < -0.4 is 10.1 Å². The number of ether oxygens (including phenoxy) is 1. The van der Waals surface area contributed by atoms with E-state index in [4.69, 9.17) is 4.74 Å². The van der Waals surface area contributed by atoms with Gasteiger partial charge in [0.25, 0.3) is 5.91 Å². The molecule has 2 heterocycles. The summed E-state index contributed by atoms with van der Waals surface area (Å²) in [4.78, 5) is 17.4. The molecular weight excluding hydrogens is 374 g/mol. The first-order valence-corrected chi connectivity index (χ1v) is 11.0. The van der Waals surface area contributed by atoms with Gasteiger partial charge in [0, 0.05) is 35.1 Å². The number of methoxy groups -OCH3 is 1. The highest BCUT2D eigenvalue weighted by molar-refractivity contribution is 5.97. The molecule has 0 radical (unpaired) electrons. The van der Waals surface area contributed by atoms with E-state index in [2.05, 4.69) is 21.1 Å². The van der Waals surface area contributed by atoms with E-state index in [0.29, 0.717) is 12.5 Å². The maximum Gasteiger partial charge on any atom is 0.251 e. The summed E-state index contributed by atoms with van der Waals surface area (Å²) < 4.78 is 8.18. The van der Waals surface area contributed by atoms with Crippen LogP contribution in [0.4, 0.5) is 0 Å². The molecule has 5 nitrogen and oxygen atoms in total. The number of fused-ring (bicyclic) bond motifs is 1. The van der Waals surface area contributed by atoms with Crippen molar-refractivity contribution < 1.29 is 9.53 Å². The number of aromatic nitrogens is 2. The Labute approximate surface area is 178 Å². The number of carbonyl (C=O) groups is 1. The number of pyridine rings is 1. The maximum absolute atomic E-state index is 13.0. The smallest absolute Gasteiger partial charge is 0.251 e. The molecule has 0 saturated heterocycles. The summed E-state index contributed by atoms with van der Waals surface area (Å²) in [6.45, 7) is 4.67. The van der Waals surface area contributed by atoms with Crippen molar-refractivity contribution >= 4 is 5.91 Å². The molecule has 1 saturated carbocycles. The quantitative estimate of drug-likeness (QED) is 0.611. The van der Waals surface area contributed by atoms with Crippen molar-refractivity contribution in [2.45, 2.75) is 64.5 Å². The van der Waals surface area contributed by atoms with Crippen LogP contribution in [0, 0.1) is 0 Å². The van der Waals surface area contributed by atoms with Gasteiger partial charge in [0.1, 0.15) is 5.75 Å². The normalized spacial score (nSPS) is 14.9. The van der Waals surface area contributed by atoms with Crippen molar-refractivity contribution in [3.05, 3.63) is 59.4 Å². The van der Waals surface area contributed by atoms with Crippen LogP contribution in [0.1, 0.15) is 73.4 Å². The molecule has 2 aliphatic heterocycles. The molecular formula is C25H31N3O2. The van der Waals surface area contributed by atoms with Crippen molar-refractivity contribution in [1.82, 2.24) is 14.9 Å². The molecule has 1 fully saturated rings. The van der Waals surface area contributed by atoms with Crippen LogP contribution in [0.15, 0.2) is 42.7 Å². The fourth-order valence-corrected chi connectivity index (χ4v) is 4.70. The molecule has 0 atom stereocenters. The van der Waals surface area contributed by atoms with Crippen LogP contribution >= 0.6 is 0 Å². The van der Waals surface area contributed by atoms with Gasteiger partial charge in [-0.15, -0.1) is 0 Å². The fraction of sp³-hybridized carbons (Fsp3) is 0.440. The monoisotopic (exact) mass is 405 g/mol. The highest BCUT2D eigenvalue weighted by Crippen LogP contribution is 2.41. The third-order valence-electron chi connectivity index (χ3n) is 6.04. The fourth-order valence-electron chi connectivity index (χ4n) is 4.70. The predicted octanol–water partition coefficient (Wildman–Crippen LogP) is 5.23. The van der Waals surface area contributed by atoms with Crippen LogP contribution in [0.2, 0.25) is 0 Å². The van der Waals surface area contributed by atoms with E-state index in [1.165, 1.54) is 19.3 Å². The lowest BCUT2D eigenvalue weighted by molar-refractivity contribution is 0.0941. The van der Waals surface area contributed by atoms with Crippen LogP contribution in [-0.2, 0) is 6.54 Å². The zero-order valence-electron chi connectivity index (χ0n) is 18.1. The minimum Gasteiger partial charge on any atom is -0.496 e. The van der Waals surface area contributed by atoms with Crippen LogP contribution in [0.3, 0.4) is 0 Å². The van der Waals surface area contributed by atoms with Gasteiger partial charge in [0.05, 0.1) is 25.0 Å². The predicted molar refractivity (Wildman–Crippen MR) is 119 cm³/mol. The largest absolute Gasteiger partial charge is 0.496 e. The number of hydrogen-bond acceptors (Lipinski definition) is 3. The molecule has 3 aliphatic rings. The molecule has 4 rings (SSSR count). The lowest BCUT2D eigenvalue weighted by Gasteiger charge is -2.28. The van der Waals surface area contributed by atoms with Gasteiger partial charge in [-0.25, -0.2) is 0 Å². The number of amides is 1. The van der Waals surface area contributed by atoms with Gasteiger partial charge in [-0.3, -0.25) is 9.78 Å². The van der Waals surface area contributed by atoms with Gasteiger partial charge in [-0.05, 0) is 56.9 Å². The molecule has 1 amide bonds. The van der Waals surface area contributed by atoms with Gasteiger partial charge in [-0.2, -0.15) is 0 Å². The Hall–Kier alpha value is -2.82. The number of benzene rings is 1. The van der Waals surface area contributed by atoms with E-state index < -0.39 is 0 Å². The highest BCUT2D eigenvalue weighted by Gasteiger charge is 2.27. The standard InChI is InChI=1S/C25H31N3O2/c1-17(2)27-25(29)20-12-11-19(16-28-15-7-10-21-22(28)13-14-26-21)24(30-3)23(20)18-8-5-4-6-9-18/h7,10-15,17-18H,4-6,8-9,16H2,1-3H3,(H,27,29). The summed E-state index contributed by atoms with van der Waals surface area (Å²) in [5.74, 6) is 1.22. The molecule has 1 N–H and O–H groups in total. The Kier molecular flexibility index (Phi) is 6.07. The summed E-state index contributed by atoms with van der Waals surface area (Å²) >= 11 is 0. The SMILES string of the molecule is COc1c(Cn2cccc3nccc2-3)ccc(C(=O)NC(C)C)c1C1CCCCC1. The molecule has 0 unspecified atom stereocenters. The van der Waals surface area contributed by atoms with Crippen LogP contribution in [0.25, 0.3) is 11.4 Å². The molecule has 0 bridgehead atoms. The van der Waals surface area contributed by atoms with Gasteiger partial charge in [0.2, 0.25) is 0 Å². The Bertz CT molecular complexity index is 986. The molecule has 1 aromatic carbocycles. The second-order valence-corrected chi connectivity index (χ2v) is 8.53. The Morgan fingerprint density at radius 1 is 1.20 bits per heavy atom. The van der Waals surface area contributed by atoms with Gasteiger partial charge in [0.15, 0.2) is 0 Å². The number of rotatable bonds is 6. The van der Waals surface area contributed by atoms with Crippen molar-refractivity contribution in [2.75, 3.05) is 7.11 Å². The minimum atomic E-state index is -0.00888. The Morgan fingerprint density at radius 2 is 2.00 bits per heavy atom. The summed E-state index contributed by atoms with van der Waals surface area (Å²) in [6.07, 6.45) is 9.81. The average Bonchev–Trinajstić information content (AvgIpc) is 3.23. The van der Waals surface area contributed by atoms with E-state index in [9.17, 15) is 4.79 Å². The van der Waals surface area contributed by atoms with Gasteiger partial charge >= 0.3 is 0 Å². The summed E-state index contributed by atoms with van der Waals surface area (Å²) in [5, 5.41) is 3.07. The molecule has 5 heteroatoms. The molecule has 30 heavy (non-hydrogen) atoms. The first kappa shape index (κ1) is 20.5. The molecule has 0 spiro atoms. The van der Waals surface area contributed by atoms with Crippen molar-refractivity contribution in [2.24, 2.45) is 0 Å². The maximum atomic E-state index is 13.0. The average molecular weight is 406 g/mol. The van der Waals surface area contributed by atoms with E-state index in [1.807, 2.05) is 50.4 Å². The Balaban J connectivity index is 1.78. The number of nitrogens with zero attached hydrogens (tertiary/aromatic N) is 2. The zero-order valence-corrected chi connectivity index (χ0v) is 18.1. The second kappa shape index (κ2) is 8.90. The number of nitrogens with one attached hydrogen (secondary N) is 1. The molecule has 1 aliphatic carbocycles. The first-order chi connectivity index (χ1) is 14.6. The van der Waals surface area contributed by atoms with Crippen molar-refractivity contribution in [3.8, 4) is 17.1 Å². The first-order valence-electron chi connectivity index (χ1n) is 11.0. The summed E-state index contributed by atoms with van der Waals surface area (Å²) in [6, 6.07) is 10.2.